The van der Waals surface area contributed by atoms with E-state index < -0.39 is 29.7 Å². The van der Waals surface area contributed by atoms with Crippen molar-refractivity contribution in [2.45, 2.75) is 38.1 Å². The number of alkyl halides is 3. The Kier molecular flexibility index (Phi) is 8.39. The fourth-order valence-corrected chi connectivity index (χ4v) is 2.12. The second kappa shape index (κ2) is 10.0. The Balaban J connectivity index is 0.000000646. The minimum absolute atomic E-state index is 0.205. The molecular formula is C19H22F4N2O2. The van der Waals surface area contributed by atoms with Crippen LogP contribution in [-0.4, -0.2) is 17.1 Å². The second-order valence-electron chi connectivity index (χ2n) is 5.88. The summed E-state index contributed by atoms with van der Waals surface area (Å²) < 4.78 is 50.2. The molecule has 2 aromatic carbocycles. The molecule has 27 heavy (non-hydrogen) atoms. The van der Waals surface area contributed by atoms with Crippen LogP contribution in [-0.2, 0) is 17.4 Å². The molecule has 0 aromatic heterocycles. The van der Waals surface area contributed by atoms with Crippen molar-refractivity contribution in [3.63, 3.8) is 0 Å². The van der Waals surface area contributed by atoms with Crippen LogP contribution in [0.25, 0.3) is 0 Å². The molecule has 0 heterocycles. The van der Waals surface area contributed by atoms with E-state index in [-0.39, 0.29) is 12.3 Å². The van der Waals surface area contributed by atoms with Gasteiger partial charge in [-0.05, 0) is 41.8 Å². The van der Waals surface area contributed by atoms with Crippen LogP contribution in [0.2, 0.25) is 0 Å². The van der Waals surface area contributed by atoms with Gasteiger partial charge in [0.1, 0.15) is 5.82 Å². The predicted molar refractivity (Wildman–Crippen MR) is 94.0 cm³/mol. The van der Waals surface area contributed by atoms with E-state index in [0.717, 1.165) is 12.1 Å². The number of nitrogens with two attached hydrogens (primary N) is 2. The highest BCUT2D eigenvalue weighted by atomic mass is 19.4. The number of benzene rings is 2. The zero-order chi connectivity index (χ0) is 20.6. The van der Waals surface area contributed by atoms with Crippen molar-refractivity contribution in [2.75, 3.05) is 0 Å². The topological polar surface area (TPSA) is 89.3 Å². The lowest BCUT2D eigenvalue weighted by Crippen LogP contribution is -2.30. The SMILES string of the molecule is CCC(N)=O.NC(Cc1ccc(C(F)(F)F)cc1)C(O)c1ccc(F)cc1. The van der Waals surface area contributed by atoms with Gasteiger partial charge in [0.05, 0.1) is 11.7 Å². The standard InChI is InChI=1S/C16H15F4NO.C3H7NO/c17-13-7-3-11(4-8-13)15(22)14(21)9-10-1-5-12(6-2-10)16(18,19)20;1-2-3(4)5/h1-8,14-15,22H,9,21H2;2H2,1H3,(H2,4,5). The number of aliphatic hydroxyl groups excluding tert-OH is 1. The van der Waals surface area contributed by atoms with Gasteiger partial charge in [0.25, 0.3) is 0 Å². The van der Waals surface area contributed by atoms with Crippen molar-refractivity contribution in [3.8, 4) is 0 Å². The van der Waals surface area contributed by atoms with Crippen LogP contribution < -0.4 is 11.5 Å². The minimum atomic E-state index is -4.38. The Labute approximate surface area is 154 Å². The molecule has 0 bridgehead atoms. The first-order chi connectivity index (χ1) is 12.5. The third-order valence-corrected chi connectivity index (χ3v) is 3.72. The van der Waals surface area contributed by atoms with Crippen LogP contribution in [0.3, 0.4) is 0 Å². The fourth-order valence-electron chi connectivity index (χ4n) is 2.12. The molecule has 148 valence electrons. The average Bonchev–Trinajstić information content (AvgIpc) is 2.62. The summed E-state index contributed by atoms with van der Waals surface area (Å²) in [5.74, 6) is -0.669. The van der Waals surface area contributed by atoms with E-state index >= 15 is 0 Å². The van der Waals surface area contributed by atoms with E-state index in [4.69, 9.17) is 5.73 Å². The van der Waals surface area contributed by atoms with Crippen LogP contribution in [0, 0.1) is 5.82 Å². The Morgan fingerprint density at radius 3 is 1.96 bits per heavy atom. The first kappa shape index (κ1) is 22.6. The van der Waals surface area contributed by atoms with E-state index in [9.17, 15) is 27.5 Å². The summed E-state index contributed by atoms with van der Waals surface area (Å²) in [6.07, 6.45) is -4.76. The molecular weight excluding hydrogens is 364 g/mol. The van der Waals surface area contributed by atoms with E-state index in [1.54, 1.807) is 6.92 Å². The van der Waals surface area contributed by atoms with E-state index in [2.05, 4.69) is 5.73 Å². The van der Waals surface area contributed by atoms with Gasteiger partial charge in [-0.15, -0.1) is 0 Å². The van der Waals surface area contributed by atoms with Gasteiger partial charge in [0, 0.05) is 12.5 Å². The van der Waals surface area contributed by atoms with Gasteiger partial charge in [0.2, 0.25) is 5.91 Å². The highest BCUT2D eigenvalue weighted by Crippen LogP contribution is 2.29. The number of halogens is 4. The summed E-state index contributed by atoms with van der Waals surface area (Å²) in [4.78, 5) is 9.59. The van der Waals surface area contributed by atoms with Gasteiger partial charge in [-0.1, -0.05) is 31.2 Å². The highest BCUT2D eigenvalue weighted by molar-refractivity contribution is 5.73. The zero-order valence-electron chi connectivity index (χ0n) is 14.7. The van der Waals surface area contributed by atoms with Crippen molar-refractivity contribution in [2.24, 2.45) is 11.5 Å². The molecule has 0 radical (unpaired) electrons. The first-order valence-electron chi connectivity index (χ1n) is 8.18. The van der Waals surface area contributed by atoms with Crippen molar-refractivity contribution in [3.05, 3.63) is 71.0 Å². The maximum Gasteiger partial charge on any atom is 0.416 e. The normalized spacial score (nSPS) is 13.3. The van der Waals surface area contributed by atoms with E-state index in [1.807, 2.05) is 0 Å². The first-order valence-corrected chi connectivity index (χ1v) is 8.18. The number of amides is 1. The lowest BCUT2D eigenvalue weighted by molar-refractivity contribution is -0.137. The third kappa shape index (κ3) is 7.76. The van der Waals surface area contributed by atoms with E-state index in [1.165, 1.54) is 36.4 Å². The van der Waals surface area contributed by atoms with Crippen molar-refractivity contribution in [1.82, 2.24) is 0 Å². The number of aliphatic hydroxyl groups is 1. The molecule has 2 aromatic rings. The quantitative estimate of drug-likeness (QED) is 0.689. The summed E-state index contributed by atoms with van der Waals surface area (Å²) in [7, 11) is 0. The molecule has 0 saturated heterocycles. The Morgan fingerprint density at radius 1 is 1.07 bits per heavy atom. The third-order valence-electron chi connectivity index (χ3n) is 3.72. The molecule has 2 rings (SSSR count). The van der Waals surface area contributed by atoms with Gasteiger partial charge in [-0.25, -0.2) is 4.39 Å². The van der Waals surface area contributed by atoms with Crippen LogP contribution >= 0.6 is 0 Å². The molecule has 0 saturated carbocycles. The largest absolute Gasteiger partial charge is 0.416 e. The van der Waals surface area contributed by atoms with Gasteiger partial charge < -0.3 is 16.6 Å². The van der Waals surface area contributed by atoms with Crippen molar-refractivity contribution in [1.29, 1.82) is 0 Å². The molecule has 2 unspecified atom stereocenters. The van der Waals surface area contributed by atoms with E-state index in [0.29, 0.717) is 17.5 Å². The maximum absolute atomic E-state index is 12.8. The number of carbonyl (C=O) groups is 1. The molecule has 8 heteroatoms. The molecule has 0 aliphatic heterocycles. The van der Waals surface area contributed by atoms with Crippen molar-refractivity contribution >= 4 is 5.91 Å². The molecule has 0 fully saturated rings. The highest BCUT2D eigenvalue weighted by Gasteiger charge is 2.30. The maximum atomic E-state index is 12.8. The zero-order valence-corrected chi connectivity index (χ0v) is 14.7. The van der Waals surface area contributed by atoms with Crippen LogP contribution in [0.1, 0.15) is 36.1 Å². The molecule has 0 aliphatic rings. The monoisotopic (exact) mass is 386 g/mol. The lowest BCUT2D eigenvalue weighted by Gasteiger charge is -2.19. The summed E-state index contributed by atoms with van der Waals surface area (Å²) in [6.45, 7) is 1.72. The van der Waals surface area contributed by atoms with Gasteiger partial charge in [-0.2, -0.15) is 13.2 Å². The fraction of sp³-hybridized carbons (Fsp3) is 0.316. The number of hydrogen-bond donors (Lipinski definition) is 3. The molecule has 4 nitrogen and oxygen atoms in total. The number of primary amides is 1. The molecule has 0 aliphatic carbocycles. The summed E-state index contributed by atoms with van der Waals surface area (Å²) in [6, 6.07) is 9.19. The number of carbonyl (C=O) groups excluding carboxylic acids is 1. The average molecular weight is 386 g/mol. The Bertz CT molecular complexity index is 716. The van der Waals surface area contributed by atoms with Gasteiger partial charge >= 0.3 is 6.18 Å². The second-order valence-corrected chi connectivity index (χ2v) is 5.88. The summed E-state index contributed by atoms with van der Waals surface area (Å²) in [5, 5.41) is 10.1. The smallest absolute Gasteiger partial charge is 0.387 e. The summed E-state index contributed by atoms with van der Waals surface area (Å²) in [5.41, 5.74) is 10.8. The van der Waals surface area contributed by atoms with Crippen LogP contribution in [0.4, 0.5) is 17.6 Å². The lowest BCUT2D eigenvalue weighted by atomic mass is 9.96. The minimum Gasteiger partial charge on any atom is -0.387 e. The summed E-state index contributed by atoms with van der Waals surface area (Å²) >= 11 is 0. The van der Waals surface area contributed by atoms with Gasteiger partial charge in [-0.3, -0.25) is 4.79 Å². The number of hydrogen-bond acceptors (Lipinski definition) is 3. The van der Waals surface area contributed by atoms with Crippen molar-refractivity contribution < 1.29 is 27.5 Å². The predicted octanol–water partition coefficient (Wildman–Crippen LogP) is 3.33. The molecule has 1 amide bonds. The Morgan fingerprint density at radius 2 is 1.56 bits per heavy atom. The Hall–Kier alpha value is -2.45. The molecule has 2 atom stereocenters. The number of rotatable bonds is 5. The van der Waals surface area contributed by atoms with Crippen LogP contribution in [0.15, 0.2) is 48.5 Å². The van der Waals surface area contributed by atoms with Crippen LogP contribution in [0.5, 0.6) is 0 Å². The van der Waals surface area contributed by atoms with Gasteiger partial charge in [0.15, 0.2) is 0 Å². The molecule has 5 N–H and O–H groups in total. The molecule has 0 spiro atoms.